The number of nitrogens with one attached hydrogen (secondary N) is 1. The largest absolute Gasteiger partial charge is 0.491 e. The van der Waals surface area contributed by atoms with Gasteiger partial charge in [-0.1, -0.05) is 6.58 Å². The first-order valence-corrected chi connectivity index (χ1v) is 13.0. The number of hydrogen-bond donors (Lipinski definition) is 1. The molecule has 0 unspecified atom stereocenters. The summed E-state index contributed by atoms with van der Waals surface area (Å²) >= 11 is 0. The molecule has 1 aliphatic carbocycles. The lowest BCUT2D eigenvalue weighted by molar-refractivity contribution is -0.388. The van der Waals surface area contributed by atoms with Gasteiger partial charge in [0.2, 0.25) is 0 Å². The van der Waals surface area contributed by atoms with E-state index >= 15 is 0 Å². The number of carbonyl (C=O) groups excluding carboxylic acids is 1. The highest BCUT2D eigenvalue weighted by Gasteiger charge is 2.38. The molecular formula is C27H35F3N4O5. The number of piperazine rings is 1. The highest BCUT2D eigenvalue weighted by Crippen LogP contribution is 2.38. The van der Waals surface area contributed by atoms with E-state index in [1.54, 1.807) is 17.9 Å². The number of halogens is 3. The number of nitro groups is 1. The molecule has 2 aliphatic rings. The normalized spacial score (nSPS) is 20.8. The van der Waals surface area contributed by atoms with Crippen LogP contribution in [-0.2, 0) is 15.7 Å². The van der Waals surface area contributed by atoms with Gasteiger partial charge < -0.3 is 24.6 Å². The molecule has 1 aliphatic heterocycles. The van der Waals surface area contributed by atoms with Gasteiger partial charge in [-0.05, 0) is 63.8 Å². The quantitative estimate of drug-likeness (QED) is 0.171. The van der Waals surface area contributed by atoms with Crippen LogP contribution in [0.4, 0.5) is 29.3 Å². The van der Waals surface area contributed by atoms with E-state index in [1.807, 2.05) is 19.1 Å². The van der Waals surface area contributed by atoms with Crippen LogP contribution in [0.5, 0.6) is 0 Å². The molecule has 0 atom stereocenters. The van der Waals surface area contributed by atoms with Crippen molar-refractivity contribution in [3.8, 4) is 0 Å². The summed E-state index contributed by atoms with van der Waals surface area (Å²) in [6, 6.07) is 2.92. The Hall–Kier alpha value is -3.70. The third-order valence-corrected chi connectivity index (χ3v) is 6.80. The number of anilines is 1. The highest BCUT2D eigenvalue weighted by atomic mass is 19.4. The van der Waals surface area contributed by atoms with Crippen LogP contribution in [0.2, 0.25) is 0 Å². The molecule has 12 heteroatoms. The molecule has 1 amide bonds. The fraction of sp³-hybridized carbons (Fsp3) is 0.519. The number of carbonyl (C=O) groups is 1. The molecule has 1 aromatic rings. The van der Waals surface area contributed by atoms with E-state index in [0.29, 0.717) is 64.2 Å². The molecule has 39 heavy (non-hydrogen) atoms. The summed E-state index contributed by atoms with van der Waals surface area (Å²) in [4.78, 5) is 25.7. The summed E-state index contributed by atoms with van der Waals surface area (Å²) in [6.45, 7) is 10.3. The minimum atomic E-state index is -4.82. The zero-order chi connectivity index (χ0) is 28.6. The van der Waals surface area contributed by atoms with Gasteiger partial charge in [-0.15, -0.1) is 0 Å². The smallest absolute Gasteiger partial charge is 0.423 e. The van der Waals surface area contributed by atoms with Crippen LogP contribution in [0.3, 0.4) is 0 Å². The van der Waals surface area contributed by atoms with Crippen LogP contribution < -0.4 is 5.32 Å². The summed E-state index contributed by atoms with van der Waals surface area (Å²) in [5, 5.41) is 14.1. The van der Waals surface area contributed by atoms with Crippen LogP contribution in [0.15, 0.2) is 54.5 Å². The zero-order valence-electron chi connectivity index (χ0n) is 22.2. The van der Waals surface area contributed by atoms with Gasteiger partial charge in [-0.25, -0.2) is 4.79 Å². The van der Waals surface area contributed by atoms with Crippen molar-refractivity contribution in [1.29, 1.82) is 0 Å². The van der Waals surface area contributed by atoms with Crippen molar-refractivity contribution >= 4 is 17.5 Å². The minimum Gasteiger partial charge on any atom is -0.491 e. The highest BCUT2D eigenvalue weighted by molar-refractivity contribution is 5.67. The molecule has 1 aromatic carbocycles. The molecule has 0 aromatic heterocycles. The second-order valence-corrected chi connectivity index (χ2v) is 9.36. The first kappa shape index (κ1) is 29.9. The Bertz CT molecular complexity index is 1090. The van der Waals surface area contributed by atoms with E-state index in [2.05, 4.69) is 16.8 Å². The number of allylic oxidation sites excluding steroid dienone is 3. The molecule has 1 N–H and O–H groups in total. The third-order valence-electron chi connectivity index (χ3n) is 6.80. The topological polar surface area (TPSA) is 97.2 Å². The number of hydrogen-bond acceptors (Lipinski definition) is 7. The average Bonchev–Trinajstić information content (AvgIpc) is 2.91. The van der Waals surface area contributed by atoms with Crippen LogP contribution in [0.1, 0.15) is 45.1 Å². The van der Waals surface area contributed by atoms with Crippen LogP contribution in [0, 0.1) is 10.1 Å². The van der Waals surface area contributed by atoms with Crippen molar-refractivity contribution in [2.24, 2.45) is 0 Å². The number of rotatable bonds is 9. The summed E-state index contributed by atoms with van der Waals surface area (Å²) in [6.07, 6.45) is 3.12. The fourth-order valence-electron chi connectivity index (χ4n) is 4.74. The Morgan fingerprint density at radius 3 is 2.36 bits per heavy atom. The molecule has 0 bridgehead atoms. The molecule has 1 heterocycles. The molecule has 9 nitrogen and oxygen atoms in total. The summed E-state index contributed by atoms with van der Waals surface area (Å²) in [5.74, 6) is 0.694. The van der Waals surface area contributed by atoms with Crippen molar-refractivity contribution in [3.63, 3.8) is 0 Å². The lowest BCUT2D eigenvalue weighted by Gasteiger charge is -2.36. The molecule has 1 saturated heterocycles. The van der Waals surface area contributed by atoms with E-state index in [0.717, 1.165) is 17.8 Å². The Morgan fingerprint density at radius 2 is 1.82 bits per heavy atom. The fourth-order valence-corrected chi connectivity index (χ4v) is 4.74. The lowest BCUT2D eigenvalue weighted by Crippen LogP contribution is -2.48. The number of benzene rings is 1. The molecule has 0 radical (unpaired) electrons. The van der Waals surface area contributed by atoms with Gasteiger partial charge in [0.25, 0.3) is 5.69 Å². The standard InChI is InChI=1S/C27H35F3N4O5/c1-4-21(32-13-15-33(16-14-32)26(35)38-6-3)18-22(5-2)39-23-10-7-19(8-11-23)31-20-9-12-25(34(36)37)24(17-20)27(28,29)30/h4-5,9,12,17-19,23,31H,1,6-8,10-11,13-16H2,2-3H3/b21-18+,22-5+. The minimum absolute atomic E-state index is 0.0557. The van der Waals surface area contributed by atoms with Gasteiger partial charge in [0.1, 0.15) is 11.3 Å². The van der Waals surface area contributed by atoms with E-state index in [-0.39, 0.29) is 23.9 Å². The molecule has 2 fully saturated rings. The number of alkyl halides is 3. The van der Waals surface area contributed by atoms with Gasteiger partial charge in [-0.2, -0.15) is 13.2 Å². The maximum atomic E-state index is 13.3. The Labute approximate surface area is 226 Å². The van der Waals surface area contributed by atoms with E-state index in [1.165, 1.54) is 6.07 Å². The lowest BCUT2D eigenvalue weighted by atomic mass is 9.92. The van der Waals surface area contributed by atoms with Crippen LogP contribution >= 0.6 is 0 Å². The predicted molar refractivity (Wildman–Crippen MR) is 141 cm³/mol. The van der Waals surface area contributed by atoms with Crippen LogP contribution in [-0.4, -0.2) is 65.7 Å². The maximum absolute atomic E-state index is 13.3. The van der Waals surface area contributed by atoms with E-state index in [4.69, 9.17) is 9.47 Å². The van der Waals surface area contributed by atoms with Gasteiger partial charge in [0.05, 0.1) is 17.6 Å². The molecule has 214 valence electrons. The average molecular weight is 553 g/mol. The molecular weight excluding hydrogens is 517 g/mol. The first-order chi connectivity index (χ1) is 18.5. The first-order valence-electron chi connectivity index (χ1n) is 13.0. The SMILES string of the molecule is C=C/C(=C\C(=C/C)OC1CCC(Nc2ccc([N+](=O)[O-])c(C(F)(F)F)c2)CC1)N1CCN(C(=O)OCC)CC1. The predicted octanol–water partition coefficient (Wildman–Crippen LogP) is 6.10. The van der Waals surface area contributed by atoms with Crippen LogP contribution in [0.25, 0.3) is 0 Å². The molecule has 1 saturated carbocycles. The van der Waals surface area contributed by atoms with Crippen molar-refractivity contribution in [3.05, 3.63) is 70.1 Å². The number of nitro benzene ring substituents is 1. The van der Waals surface area contributed by atoms with E-state index in [9.17, 15) is 28.1 Å². The summed E-state index contributed by atoms with van der Waals surface area (Å²) < 4.78 is 51.2. The monoisotopic (exact) mass is 552 g/mol. The third kappa shape index (κ3) is 8.14. The van der Waals surface area contributed by atoms with Crippen molar-refractivity contribution < 1.29 is 32.4 Å². The van der Waals surface area contributed by atoms with E-state index < -0.39 is 22.4 Å². The zero-order valence-corrected chi connectivity index (χ0v) is 22.2. The Morgan fingerprint density at radius 1 is 1.18 bits per heavy atom. The number of nitrogens with zero attached hydrogens (tertiary/aromatic N) is 3. The molecule has 3 rings (SSSR count). The van der Waals surface area contributed by atoms with Gasteiger partial charge in [0, 0.05) is 55.7 Å². The Kier molecular flexibility index (Phi) is 10.2. The van der Waals surface area contributed by atoms with Crippen molar-refractivity contribution in [2.45, 2.75) is 57.9 Å². The summed E-state index contributed by atoms with van der Waals surface area (Å²) in [5.41, 5.74) is -1.13. The second-order valence-electron chi connectivity index (χ2n) is 9.36. The Balaban J connectivity index is 1.54. The van der Waals surface area contributed by atoms with Crippen molar-refractivity contribution in [2.75, 3.05) is 38.1 Å². The van der Waals surface area contributed by atoms with Gasteiger partial charge >= 0.3 is 12.3 Å². The van der Waals surface area contributed by atoms with Gasteiger partial charge in [-0.3, -0.25) is 10.1 Å². The van der Waals surface area contributed by atoms with Gasteiger partial charge in [0.15, 0.2) is 0 Å². The number of ether oxygens (including phenoxy) is 2. The molecule has 0 spiro atoms. The number of amides is 1. The maximum Gasteiger partial charge on any atom is 0.423 e. The second kappa shape index (κ2) is 13.4. The van der Waals surface area contributed by atoms with Crippen molar-refractivity contribution in [1.82, 2.24) is 9.80 Å². The summed E-state index contributed by atoms with van der Waals surface area (Å²) in [7, 11) is 0.